The molecule has 1 amide bonds. The Morgan fingerprint density at radius 1 is 1.09 bits per heavy atom. The van der Waals surface area contributed by atoms with Crippen LogP contribution in [0, 0.1) is 17.0 Å². The van der Waals surface area contributed by atoms with Gasteiger partial charge in [0.25, 0.3) is 11.6 Å². The molecule has 4 rings (SSSR count). The molecule has 1 N–H and O–H groups in total. The van der Waals surface area contributed by atoms with E-state index in [2.05, 4.69) is 10.5 Å². The molecule has 1 aromatic heterocycles. The number of non-ortho nitro benzene ring substituents is 1. The molecular formula is C24H19N3O5. The number of amides is 1. The van der Waals surface area contributed by atoms with E-state index in [-0.39, 0.29) is 12.3 Å². The van der Waals surface area contributed by atoms with E-state index in [4.69, 9.17) is 9.15 Å². The lowest BCUT2D eigenvalue weighted by Crippen LogP contribution is -2.24. The van der Waals surface area contributed by atoms with Crippen LogP contribution in [0.4, 0.5) is 5.69 Å². The second-order valence-corrected chi connectivity index (χ2v) is 7.05. The van der Waals surface area contributed by atoms with Crippen LogP contribution >= 0.6 is 0 Å². The van der Waals surface area contributed by atoms with E-state index in [0.29, 0.717) is 17.3 Å². The summed E-state index contributed by atoms with van der Waals surface area (Å²) < 4.78 is 11.2. The lowest BCUT2D eigenvalue weighted by Gasteiger charge is -2.06. The number of nitrogens with zero attached hydrogens (tertiary/aromatic N) is 2. The summed E-state index contributed by atoms with van der Waals surface area (Å²) in [4.78, 5) is 22.4. The third-order valence-electron chi connectivity index (χ3n) is 4.78. The predicted octanol–water partition coefficient (Wildman–Crippen LogP) is 4.85. The number of nitro benzene ring substituents is 1. The zero-order chi connectivity index (χ0) is 22.5. The molecule has 0 atom stereocenters. The molecule has 0 bridgehead atoms. The van der Waals surface area contributed by atoms with Crippen LogP contribution in [0.25, 0.3) is 22.1 Å². The number of hydrazone groups is 1. The number of furan rings is 1. The van der Waals surface area contributed by atoms with E-state index in [0.717, 1.165) is 21.9 Å². The highest BCUT2D eigenvalue weighted by Gasteiger charge is 2.12. The molecule has 3 aromatic carbocycles. The van der Waals surface area contributed by atoms with Crippen molar-refractivity contribution >= 4 is 28.6 Å². The van der Waals surface area contributed by atoms with Crippen molar-refractivity contribution in [2.75, 3.05) is 6.61 Å². The first-order valence-electron chi connectivity index (χ1n) is 9.78. The number of ether oxygens (including phenoxy) is 1. The number of benzene rings is 3. The van der Waals surface area contributed by atoms with Crippen LogP contribution in [0.5, 0.6) is 5.75 Å². The lowest BCUT2D eigenvalue weighted by atomic mass is 10.1. The van der Waals surface area contributed by atoms with Gasteiger partial charge in [0, 0.05) is 17.7 Å². The van der Waals surface area contributed by atoms with Crippen molar-refractivity contribution < 1.29 is 18.9 Å². The maximum Gasteiger partial charge on any atom is 0.277 e. The minimum absolute atomic E-state index is 0.0215. The molecule has 0 unspecified atom stereocenters. The summed E-state index contributed by atoms with van der Waals surface area (Å²) in [5.74, 6) is 1.16. The molecule has 8 nitrogen and oxygen atoms in total. The molecule has 0 saturated carbocycles. The molecule has 0 spiro atoms. The number of hydrogen-bond acceptors (Lipinski definition) is 6. The van der Waals surface area contributed by atoms with E-state index in [1.54, 1.807) is 25.1 Å². The van der Waals surface area contributed by atoms with Crippen LogP contribution in [0.2, 0.25) is 0 Å². The Morgan fingerprint density at radius 2 is 1.91 bits per heavy atom. The summed E-state index contributed by atoms with van der Waals surface area (Å²) in [7, 11) is 0. The van der Waals surface area contributed by atoms with Gasteiger partial charge < -0.3 is 9.15 Å². The Kier molecular flexibility index (Phi) is 5.94. The third-order valence-corrected chi connectivity index (χ3v) is 4.78. The number of rotatable bonds is 7. The van der Waals surface area contributed by atoms with E-state index in [9.17, 15) is 14.9 Å². The normalized spacial score (nSPS) is 11.0. The number of carbonyl (C=O) groups excluding carboxylic acids is 1. The number of hydrogen-bond donors (Lipinski definition) is 1. The first-order chi connectivity index (χ1) is 15.5. The zero-order valence-electron chi connectivity index (χ0n) is 17.1. The van der Waals surface area contributed by atoms with Crippen LogP contribution in [0.15, 0.2) is 82.3 Å². The smallest absolute Gasteiger partial charge is 0.277 e. The Balaban J connectivity index is 1.32. The van der Waals surface area contributed by atoms with Crippen molar-refractivity contribution in [2.45, 2.75) is 6.92 Å². The number of nitrogens with one attached hydrogen (secondary N) is 1. The summed E-state index contributed by atoms with van der Waals surface area (Å²) in [5, 5.41) is 16.9. The van der Waals surface area contributed by atoms with E-state index < -0.39 is 10.8 Å². The van der Waals surface area contributed by atoms with Crippen LogP contribution in [0.1, 0.15) is 11.3 Å². The number of carbonyl (C=O) groups is 1. The molecule has 0 saturated heterocycles. The third kappa shape index (κ3) is 4.81. The zero-order valence-corrected chi connectivity index (χ0v) is 17.1. The lowest BCUT2D eigenvalue weighted by molar-refractivity contribution is -0.384. The van der Waals surface area contributed by atoms with Crippen LogP contribution in [-0.4, -0.2) is 23.7 Å². The first-order valence-corrected chi connectivity index (χ1v) is 9.78. The van der Waals surface area contributed by atoms with Gasteiger partial charge in [-0.25, -0.2) is 5.43 Å². The summed E-state index contributed by atoms with van der Waals surface area (Å²) in [6, 6.07) is 21.5. The second-order valence-electron chi connectivity index (χ2n) is 7.05. The number of aryl methyl sites for hydroxylation is 1. The second kappa shape index (κ2) is 9.13. The number of nitro groups is 1. The van der Waals surface area contributed by atoms with Gasteiger partial charge in [0.15, 0.2) is 6.61 Å². The molecule has 0 aliphatic rings. The van der Waals surface area contributed by atoms with Crippen molar-refractivity contribution in [3.8, 4) is 17.1 Å². The molecule has 0 fully saturated rings. The highest BCUT2D eigenvalue weighted by Crippen LogP contribution is 2.28. The van der Waals surface area contributed by atoms with Gasteiger partial charge >= 0.3 is 0 Å². The highest BCUT2D eigenvalue weighted by atomic mass is 16.6. The molecule has 0 aliphatic heterocycles. The molecule has 160 valence electrons. The Bertz CT molecular complexity index is 1330. The summed E-state index contributed by atoms with van der Waals surface area (Å²) in [6.45, 7) is 1.59. The fourth-order valence-corrected chi connectivity index (χ4v) is 3.21. The van der Waals surface area contributed by atoms with E-state index in [1.807, 2.05) is 42.5 Å². The molecule has 8 heteroatoms. The molecular weight excluding hydrogens is 410 g/mol. The van der Waals surface area contributed by atoms with Crippen molar-refractivity contribution in [1.82, 2.24) is 5.43 Å². The average Bonchev–Trinajstić information content (AvgIpc) is 3.26. The Morgan fingerprint density at radius 3 is 2.69 bits per heavy atom. The van der Waals surface area contributed by atoms with Crippen LogP contribution in [-0.2, 0) is 4.79 Å². The van der Waals surface area contributed by atoms with E-state index >= 15 is 0 Å². The van der Waals surface area contributed by atoms with Crippen LogP contribution in [0.3, 0.4) is 0 Å². The van der Waals surface area contributed by atoms with Crippen LogP contribution < -0.4 is 10.2 Å². The first kappa shape index (κ1) is 20.8. The molecule has 1 heterocycles. The maximum absolute atomic E-state index is 12.0. The number of fused-ring (bicyclic) bond motifs is 1. The Labute approximate surface area is 183 Å². The minimum Gasteiger partial charge on any atom is -0.484 e. The quantitative estimate of drug-likeness (QED) is 0.257. The summed E-state index contributed by atoms with van der Waals surface area (Å²) in [6.07, 6.45) is 1.37. The molecule has 0 aliphatic carbocycles. The van der Waals surface area contributed by atoms with Gasteiger partial charge in [-0.2, -0.15) is 5.10 Å². The SMILES string of the molecule is Cc1cc([N+](=O)[O-])ccc1-c1ccc(/C=N\NC(=O)COc2ccc3ccccc3c2)o1. The van der Waals surface area contributed by atoms with Gasteiger partial charge in [-0.1, -0.05) is 30.3 Å². The molecule has 32 heavy (non-hydrogen) atoms. The minimum atomic E-state index is -0.441. The van der Waals surface area contributed by atoms with Gasteiger partial charge in [-0.3, -0.25) is 14.9 Å². The summed E-state index contributed by atoms with van der Waals surface area (Å²) in [5.41, 5.74) is 3.87. The fourth-order valence-electron chi connectivity index (χ4n) is 3.21. The van der Waals surface area contributed by atoms with Crippen molar-refractivity contribution in [3.63, 3.8) is 0 Å². The standard InChI is InChI=1S/C24H19N3O5/c1-16-12-19(27(29)30)7-10-22(16)23-11-9-21(32-23)14-25-26-24(28)15-31-20-8-6-17-4-2-3-5-18(17)13-20/h2-14H,15H2,1H3,(H,26,28)/b25-14-. The maximum atomic E-state index is 12.0. The fraction of sp³-hybridized carbons (Fsp3) is 0.0833. The van der Waals surface area contributed by atoms with E-state index in [1.165, 1.54) is 18.3 Å². The van der Waals surface area contributed by atoms with Crippen molar-refractivity contribution in [2.24, 2.45) is 5.10 Å². The Hall–Kier alpha value is -4.46. The predicted molar refractivity (Wildman–Crippen MR) is 121 cm³/mol. The monoisotopic (exact) mass is 429 g/mol. The highest BCUT2D eigenvalue weighted by molar-refractivity contribution is 5.84. The van der Waals surface area contributed by atoms with Gasteiger partial charge in [-0.15, -0.1) is 0 Å². The van der Waals surface area contributed by atoms with Gasteiger partial charge in [0.2, 0.25) is 0 Å². The van der Waals surface area contributed by atoms with Gasteiger partial charge in [0.05, 0.1) is 11.1 Å². The van der Waals surface area contributed by atoms with Gasteiger partial charge in [-0.05, 0) is 53.6 Å². The van der Waals surface area contributed by atoms with Gasteiger partial charge in [0.1, 0.15) is 17.3 Å². The van der Waals surface area contributed by atoms with Crippen molar-refractivity contribution in [1.29, 1.82) is 0 Å². The molecule has 0 radical (unpaired) electrons. The molecule has 4 aromatic rings. The largest absolute Gasteiger partial charge is 0.484 e. The topological polar surface area (TPSA) is 107 Å². The average molecular weight is 429 g/mol. The van der Waals surface area contributed by atoms with Crippen molar-refractivity contribution in [3.05, 3.63) is 94.2 Å². The summed E-state index contributed by atoms with van der Waals surface area (Å²) >= 11 is 0.